The summed E-state index contributed by atoms with van der Waals surface area (Å²) < 4.78 is 1.13. The Labute approximate surface area is 186 Å². The molecule has 5 aromatic rings. The third kappa shape index (κ3) is 3.49. The van der Waals surface area contributed by atoms with Crippen LogP contribution in [0.3, 0.4) is 0 Å². The third-order valence-electron chi connectivity index (χ3n) is 4.93. The minimum atomic E-state index is 0.0372. The second kappa shape index (κ2) is 7.51. The molecule has 3 aromatic carbocycles. The van der Waals surface area contributed by atoms with Crippen LogP contribution in [-0.2, 0) is 6.42 Å². The first-order valence-electron chi connectivity index (χ1n) is 9.31. The van der Waals surface area contributed by atoms with Gasteiger partial charge in [0.15, 0.2) is 5.78 Å². The van der Waals surface area contributed by atoms with Crippen molar-refractivity contribution in [2.75, 3.05) is 0 Å². The fourth-order valence-electron chi connectivity index (χ4n) is 3.51. The number of aromatic amines is 1. The SMILES string of the molecule is Cc1nc2cc(CC(=O)c3ccc4nc(-c5c(Cl)cccc5Cl)[nH]c4c3)ccc2s1. The molecule has 30 heavy (non-hydrogen) atoms. The van der Waals surface area contributed by atoms with E-state index in [-0.39, 0.29) is 5.78 Å². The van der Waals surface area contributed by atoms with Gasteiger partial charge in [-0.15, -0.1) is 11.3 Å². The number of carbonyl (C=O) groups is 1. The van der Waals surface area contributed by atoms with Gasteiger partial charge in [-0.25, -0.2) is 9.97 Å². The number of ketones is 1. The van der Waals surface area contributed by atoms with Crippen LogP contribution in [0, 0.1) is 6.92 Å². The Hall–Kier alpha value is -2.73. The van der Waals surface area contributed by atoms with Crippen LogP contribution < -0.4 is 0 Å². The molecule has 0 amide bonds. The van der Waals surface area contributed by atoms with Gasteiger partial charge in [0.05, 0.1) is 41.9 Å². The first kappa shape index (κ1) is 19.2. The van der Waals surface area contributed by atoms with Gasteiger partial charge >= 0.3 is 0 Å². The summed E-state index contributed by atoms with van der Waals surface area (Å²) in [6.07, 6.45) is 0.315. The molecule has 0 aliphatic rings. The summed E-state index contributed by atoms with van der Waals surface area (Å²) >= 11 is 14.3. The highest BCUT2D eigenvalue weighted by Gasteiger charge is 2.15. The van der Waals surface area contributed by atoms with E-state index in [4.69, 9.17) is 23.2 Å². The van der Waals surface area contributed by atoms with Crippen LogP contribution in [0.2, 0.25) is 10.0 Å². The number of halogens is 2. The fraction of sp³-hybridized carbons (Fsp3) is 0.0870. The first-order valence-corrected chi connectivity index (χ1v) is 10.9. The Morgan fingerprint density at radius 3 is 2.60 bits per heavy atom. The molecular formula is C23H15Cl2N3OS. The van der Waals surface area contributed by atoms with E-state index in [1.54, 1.807) is 35.6 Å². The molecule has 0 aliphatic heterocycles. The lowest BCUT2D eigenvalue weighted by Gasteiger charge is -2.02. The zero-order valence-corrected chi connectivity index (χ0v) is 18.2. The molecule has 2 aromatic heterocycles. The lowest BCUT2D eigenvalue weighted by molar-refractivity contribution is 0.0993. The van der Waals surface area contributed by atoms with Crippen molar-refractivity contribution in [2.45, 2.75) is 13.3 Å². The second-order valence-electron chi connectivity index (χ2n) is 7.05. The summed E-state index contributed by atoms with van der Waals surface area (Å²) in [5, 5.41) is 2.06. The number of Topliss-reactive ketones (excluding diaryl/α,β-unsaturated/α-hetero) is 1. The number of hydrogen-bond acceptors (Lipinski definition) is 4. The van der Waals surface area contributed by atoms with Crippen LogP contribution in [-0.4, -0.2) is 20.7 Å². The molecule has 0 atom stereocenters. The van der Waals surface area contributed by atoms with Crippen molar-refractivity contribution in [2.24, 2.45) is 0 Å². The summed E-state index contributed by atoms with van der Waals surface area (Å²) in [6.45, 7) is 1.99. The molecular weight excluding hydrogens is 437 g/mol. The Kier molecular flexibility index (Phi) is 4.82. The lowest BCUT2D eigenvalue weighted by Crippen LogP contribution is -2.03. The quantitative estimate of drug-likeness (QED) is 0.303. The number of carbonyl (C=O) groups excluding carboxylic acids is 1. The largest absolute Gasteiger partial charge is 0.338 e. The number of nitrogens with zero attached hydrogens (tertiary/aromatic N) is 2. The first-order chi connectivity index (χ1) is 14.5. The van der Waals surface area contributed by atoms with E-state index in [0.717, 1.165) is 31.8 Å². The smallest absolute Gasteiger partial charge is 0.167 e. The highest BCUT2D eigenvalue weighted by atomic mass is 35.5. The number of nitrogens with one attached hydrogen (secondary N) is 1. The zero-order valence-electron chi connectivity index (χ0n) is 15.9. The number of aromatic nitrogens is 3. The van der Waals surface area contributed by atoms with Crippen molar-refractivity contribution >= 4 is 61.6 Å². The van der Waals surface area contributed by atoms with Gasteiger partial charge in [-0.2, -0.15) is 0 Å². The molecule has 1 N–H and O–H groups in total. The van der Waals surface area contributed by atoms with E-state index < -0.39 is 0 Å². The summed E-state index contributed by atoms with van der Waals surface area (Å²) in [5.41, 5.74) is 4.67. The monoisotopic (exact) mass is 451 g/mol. The van der Waals surface area contributed by atoms with Gasteiger partial charge in [0.1, 0.15) is 5.82 Å². The van der Waals surface area contributed by atoms with E-state index >= 15 is 0 Å². The van der Waals surface area contributed by atoms with Gasteiger partial charge in [0, 0.05) is 12.0 Å². The average Bonchev–Trinajstić information content (AvgIpc) is 3.29. The van der Waals surface area contributed by atoms with Gasteiger partial charge in [-0.05, 0) is 55.0 Å². The molecule has 7 heteroatoms. The number of hydrogen-bond donors (Lipinski definition) is 1. The summed E-state index contributed by atoms with van der Waals surface area (Å²) in [4.78, 5) is 25.2. The lowest BCUT2D eigenvalue weighted by atomic mass is 10.0. The van der Waals surface area contributed by atoms with Crippen molar-refractivity contribution in [3.05, 3.63) is 80.8 Å². The van der Waals surface area contributed by atoms with E-state index in [9.17, 15) is 4.79 Å². The number of benzene rings is 3. The minimum Gasteiger partial charge on any atom is -0.338 e. The summed E-state index contributed by atoms with van der Waals surface area (Å²) in [5.74, 6) is 0.615. The number of fused-ring (bicyclic) bond motifs is 2. The van der Waals surface area contributed by atoms with Crippen LogP contribution in [0.4, 0.5) is 0 Å². The maximum absolute atomic E-state index is 12.9. The van der Waals surface area contributed by atoms with Crippen molar-refractivity contribution in [3.8, 4) is 11.4 Å². The number of aryl methyl sites for hydroxylation is 1. The van der Waals surface area contributed by atoms with E-state index in [2.05, 4.69) is 15.0 Å². The Morgan fingerprint density at radius 2 is 1.80 bits per heavy atom. The van der Waals surface area contributed by atoms with Crippen LogP contribution in [0.15, 0.2) is 54.6 Å². The number of thiazole rings is 1. The van der Waals surface area contributed by atoms with E-state index in [0.29, 0.717) is 33.4 Å². The summed E-state index contributed by atoms with van der Waals surface area (Å²) in [6, 6.07) is 16.8. The van der Waals surface area contributed by atoms with Crippen molar-refractivity contribution in [1.82, 2.24) is 15.0 Å². The zero-order chi connectivity index (χ0) is 20.8. The van der Waals surface area contributed by atoms with Crippen LogP contribution in [0.25, 0.3) is 32.6 Å². The Morgan fingerprint density at radius 1 is 1.00 bits per heavy atom. The standard InChI is InChI=1S/C23H15Cl2N3OS/c1-12-26-19-9-13(5-8-21(19)30-12)10-20(29)14-6-7-17-18(11-14)28-23(27-17)22-15(24)3-2-4-16(22)25/h2-9,11H,10H2,1H3,(H,27,28). The van der Waals surface area contributed by atoms with Gasteiger partial charge in [0.25, 0.3) is 0 Å². The van der Waals surface area contributed by atoms with E-state index in [1.165, 1.54) is 0 Å². The average molecular weight is 452 g/mol. The van der Waals surface area contributed by atoms with Gasteiger partial charge < -0.3 is 4.98 Å². The molecule has 0 fully saturated rings. The Bertz CT molecular complexity index is 1420. The third-order valence-corrected chi connectivity index (χ3v) is 6.51. The van der Waals surface area contributed by atoms with Crippen LogP contribution >= 0.6 is 34.5 Å². The van der Waals surface area contributed by atoms with Crippen LogP contribution in [0.1, 0.15) is 20.9 Å². The fourth-order valence-corrected chi connectivity index (χ4v) is 4.90. The van der Waals surface area contributed by atoms with Crippen molar-refractivity contribution in [1.29, 1.82) is 0 Å². The number of imidazole rings is 1. The molecule has 0 saturated carbocycles. The van der Waals surface area contributed by atoms with Gasteiger partial charge in [-0.1, -0.05) is 35.3 Å². The predicted octanol–water partition coefficient (Wildman–Crippen LogP) is 6.88. The molecule has 2 heterocycles. The molecule has 4 nitrogen and oxygen atoms in total. The molecule has 0 aliphatic carbocycles. The molecule has 0 saturated heterocycles. The van der Waals surface area contributed by atoms with Crippen molar-refractivity contribution in [3.63, 3.8) is 0 Å². The predicted molar refractivity (Wildman–Crippen MR) is 124 cm³/mol. The van der Waals surface area contributed by atoms with Crippen molar-refractivity contribution < 1.29 is 4.79 Å². The second-order valence-corrected chi connectivity index (χ2v) is 9.10. The van der Waals surface area contributed by atoms with Gasteiger partial charge in [-0.3, -0.25) is 4.79 Å². The van der Waals surface area contributed by atoms with Crippen LogP contribution in [0.5, 0.6) is 0 Å². The summed E-state index contributed by atoms with van der Waals surface area (Å²) in [7, 11) is 0. The highest BCUT2D eigenvalue weighted by molar-refractivity contribution is 7.18. The van der Waals surface area contributed by atoms with Gasteiger partial charge in [0.2, 0.25) is 0 Å². The maximum Gasteiger partial charge on any atom is 0.167 e. The molecule has 148 valence electrons. The molecule has 0 radical (unpaired) electrons. The molecule has 0 unspecified atom stereocenters. The highest BCUT2D eigenvalue weighted by Crippen LogP contribution is 2.34. The Balaban J connectivity index is 1.46. The normalized spacial score (nSPS) is 11.4. The topological polar surface area (TPSA) is 58.6 Å². The number of H-pyrrole nitrogens is 1. The maximum atomic E-state index is 12.9. The molecule has 5 rings (SSSR count). The van der Waals surface area contributed by atoms with E-state index in [1.807, 2.05) is 37.3 Å². The number of rotatable bonds is 4. The minimum absolute atomic E-state index is 0.0372. The molecule has 0 bridgehead atoms. The molecule has 0 spiro atoms.